The number of hydrazine groups is 1. The molecule has 7 heteroatoms. The van der Waals surface area contributed by atoms with Crippen LogP contribution in [-0.2, 0) is 9.84 Å². The summed E-state index contributed by atoms with van der Waals surface area (Å²) < 4.78 is 21.9. The van der Waals surface area contributed by atoms with Gasteiger partial charge in [0.1, 0.15) is 9.84 Å². The van der Waals surface area contributed by atoms with Crippen molar-refractivity contribution in [3.8, 4) is 0 Å². The van der Waals surface area contributed by atoms with Crippen LogP contribution in [0.15, 0.2) is 35.3 Å². The summed E-state index contributed by atoms with van der Waals surface area (Å²) in [6, 6.07) is 9.44. The molecule has 1 rings (SSSR count). The first-order chi connectivity index (χ1) is 8.51. The zero-order chi connectivity index (χ0) is 13.4. The van der Waals surface area contributed by atoms with E-state index in [0.717, 1.165) is 5.69 Å². The molecule has 1 aromatic carbocycles. The lowest BCUT2D eigenvalue weighted by atomic mass is 10.3. The highest BCUT2D eigenvalue weighted by Gasteiger charge is 2.01. The van der Waals surface area contributed by atoms with E-state index >= 15 is 0 Å². The number of guanidine groups is 1. The van der Waals surface area contributed by atoms with Crippen molar-refractivity contribution in [1.82, 2.24) is 5.43 Å². The lowest BCUT2D eigenvalue weighted by Crippen LogP contribution is -2.36. The van der Waals surface area contributed by atoms with Gasteiger partial charge in [0.2, 0.25) is 5.96 Å². The molecule has 0 saturated heterocycles. The second-order valence-corrected chi connectivity index (χ2v) is 6.11. The molecule has 0 spiro atoms. The molecular weight excluding hydrogens is 252 g/mol. The molecule has 4 N–H and O–H groups in total. The smallest absolute Gasteiger partial charge is 0.210 e. The van der Waals surface area contributed by atoms with Gasteiger partial charge in [0.15, 0.2) is 0 Å². The Morgan fingerprint density at radius 2 is 2.00 bits per heavy atom. The third-order valence-corrected chi connectivity index (χ3v) is 3.15. The van der Waals surface area contributed by atoms with Crippen LogP contribution < -0.4 is 16.6 Å². The molecule has 100 valence electrons. The third kappa shape index (κ3) is 6.21. The highest BCUT2D eigenvalue weighted by atomic mass is 32.2. The van der Waals surface area contributed by atoms with Crippen molar-refractivity contribution in [1.29, 1.82) is 0 Å². The fraction of sp³-hybridized carbons (Fsp3) is 0.364. The van der Waals surface area contributed by atoms with Crippen LogP contribution in [0.1, 0.15) is 6.42 Å². The molecule has 1 aromatic rings. The average Bonchev–Trinajstić information content (AvgIpc) is 2.33. The van der Waals surface area contributed by atoms with Crippen molar-refractivity contribution in [2.24, 2.45) is 10.8 Å². The second kappa shape index (κ2) is 6.97. The molecule has 0 aromatic heterocycles. The minimum atomic E-state index is -2.93. The van der Waals surface area contributed by atoms with Gasteiger partial charge in [-0.15, -0.1) is 0 Å². The molecule has 6 nitrogen and oxygen atoms in total. The number of nitrogens with zero attached hydrogens (tertiary/aromatic N) is 1. The number of benzene rings is 1. The van der Waals surface area contributed by atoms with Crippen LogP contribution in [0.4, 0.5) is 5.69 Å². The molecule has 0 aliphatic rings. The van der Waals surface area contributed by atoms with Crippen molar-refractivity contribution in [2.45, 2.75) is 6.42 Å². The maximum Gasteiger partial charge on any atom is 0.210 e. The molecule has 0 bridgehead atoms. The molecule has 0 atom stereocenters. The lowest BCUT2D eigenvalue weighted by Gasteiger charge is -2.08. The van der Waals surface area contributed by atoms with E-state index in [1.54, 1.807) is 0 Å². The van der Waals surface area contributed by atoms with Crippen LogP contribution in [0.5, 0.6) is 0 Å². The Morgan fingerprint density at radius 3 is 2.56 bits per heavy atom. The topological polar surface area (TPSA) is 96.6 Å². The highest BCUT2D eigenvalue weighted by Crippen LogP contribution is 2.04. The van der Waals surface area contributed by atoms with E-state index in [0.29, 0.717) is 18.9 Å². The Kier molecular flexibility index (Phi) is 5.60. The lowest BCUT2D eigenvalue weighted by molar-refractivity contribution is 0.599. The summed E-state index contributed by atoms with van der Waals surface area (Å²) in [5.41, 5.74) is 3.30. The normalized spacial score (nSPS) is 12.2. The predicted octanol–water partition coefficient (Wildman–Crippen LogP) is 0.353. The molecule has 0 aliphatic carbocycles. The number of hydrogen-bond acceptors (Lipinski definition) is 4. The van der Waals surface area contributed by atoms with Gasteiger partial charge in [-0.2, -0.15) is 0 Å². The summed E-state index contributed by atoms with van der Waals surface area (Å²) in [4.78, 5) is 4.15. The van der Waals surface area contributed by atoms with Gasteiger partial charge in [0, 0.05) is 18.5 Å². The van der Waals surface area contributed by atoms with E-state index in [9.17, 15) is 8.42 Å². The molecule has 18 heavy (non-hydrogen) atoms. The number of anilines is 1. The summed E-state index contributed by atoms with van der Waals surface area (Å²) in [5, 5.41) is 2.99. The van der Waals surface area contributed by atoms with Crippen LogP contribution in [0.25, 0.3) is 0 Å². The molecule has 0 heterocycles. The van der Waals surface area contributed by atoms with E-state index < -0.39 is 9.84 Å². The zero-order valence-electron chi connectivity index (χ0n) is 10.3. The van der Waals surface area contributed by atoms with E-state index in [-0.39, 0.29) is 5.75 Å². The van der Waals surface area contributed by atoms with Gasteiger partial charge in [0.05, 0.1) is 5.75 Å². The monoisotopic (exact) mass is 270 g/mol. The van der Waals surface area contributed by atoms with Crippen molar-refractivity contribution >= 4 is 21.5 Å². The summed E-state index contributed by atoms with van der Waals surface area (Å²) in [5.74, 6) is 5.86. The minimum Gasteiger partial charge on any atom is -0.325 e. The first-order valence-electron chi connectivity index (χ1n) is 5.52. The molecule has 0 fully saturated rings. The number of nitrogens with one attached hydrogen (secondary N) is 2. The molecule has 0 aliphatic heterocycles. The maximum absolute atomic E-state index is 10.9. The predicted molar refractivity (Wildman–Crippen MR) is 74.0 cm³/mol. The van der Waals surface area contributed by atoms with Gasteiger partial charge >= 0.3 is 0 Å². The Balaban J connectivity index is 2.46. The van der Waals surface area contributed by atoms with Gasteiger partial charge in [-0.25, -0.2) is 14.3 Å². The van der Waals surface area contributed by atoms with Crippen LogP contribution in [0.3, 0.4) is 0 Å². The van der Waals surface area contributed by atoms with Gasteiger partial charge in [0.25, 0.3) is 0 Å². The van der Waals surface area contributed by atoms with Crippen molar-refractivity contribution in [2.75, 3.05) is 23.9 Å². The highest BCUT2D eigenvalue weighted by molar-refractivity contribution is 7.90. The molecular formula is C11H18N4O2S. The summed E-state index contributed by atoms with van der Waals surface area (Å²) >= 11 is 0. The van der Waals surface area contributed by atoms with Crippen LogP contribution in [0.2, 0.25) is 0 Å². The van der Waals surface area contributed by atoms with Crippen LogP contribution >= 0.6 is 0 Å². The fourth-order valence-corrected chi connectivity index (χ4v) is 1.95. The molecule has 0 amide bonds. The van der Waals surface area contributed by atoms with Crippen molar-refractivity contribution in [3.63, 3.8) is 0 Å². The Hall–Kier alpha value is -1.60. The SMILES string of the molecule is CS(=O)(=O)CCCN=C(NN)Nc1ccccc1. The van der Waals surface area contributed by atoms with E-state index in [4.69, 9.17) is 5.84 Å². The van der Waals surface area contributed by atoms with E-state index in [1.807, 2.05) is 30.3 Å². The average molecular weight is 270 g/mol. The van der Waals surface area contributed by atoms with Gasteiger partial charge in [-0.1, -0.05) is 18.2 Å². The Labute approximate surface area is 107 Å². The molecule has 0 radical (unpaired) electrons. The van der Waals surface area contributed by atoms with Gasteiger partial charge < -0.3 is 5.32 Å². The summed E-state index contributed by atoms with van der Waals surface area (Å²) in [6.07, 6.45) is 1.68. The minimum absolute atomic E-state index is 0.125. The number of aliphatic imine (C=N–C) groups is 1. The van der Waals surface area contributed by atoms with E-state index in [1.165, 1.54) is 6.26 Å². The summed E-state index contributed by atoms with van der Waals surface area (Å²) in [6.45, 7) is 0.395. The summed E-state index contributed by atoms with van der Waals surface area (Å²) in [7, 11) is -2.93. The standard InChI is InChI=1S/C11H18N4O2S/c1-18(16,17)9-5-8-13-11(15-12)14-10-6-3-2-4-7-10/h2-4,6-7H,5,8-9,12H2,1H3,(H2,13,14,15). The third-order valence-electron chi connectivity index (χ3n) is 2.12. The largest absolute Gasteiger partial charge is 0.325 e. The van der Waals surface area contributed by atoms with Crippen molar-refractivity contribution in [3.05, 3.63) is 30.3 Å². The quantitative estimate of drug-likeness (QED) is 0.236. The Morgan fingerprint density at radius 1 is 1.33 bits per heavy atom. The number of nitrogens with two attached hydrogens (primary N) is 1. The maximum atomic E-state index is 10.9. The zero-order valence-corrected chi connectivity index (χ0v) is 11.1. The van der Waals surface area contributed by atoms with Crippen molar-refractivity contribution < 1.29 is 8.42 Å². The number of hydrogen-bond donors (Lipinski definition) is 3. The first-order valence-corrected chi connectivity index (χ1v) is 7.58. The number of sulfone groups is 1. The number of rotatable bonds is 5. The Bertz CT molecular complexity index is 485. The van der Waals surface area contributed by atoms with Crippen LogP contribution in [0, 0.1) is 0 Å². The number of para-hydroxylation sites is 1. The van der Waals surface area contributed by atoms with Crippen LogP contribution in [-0.4, -0.2) is 32.9 Å². The first kappa shape index (κ1) is 14.5. The molecule has 0 unspecified atom stereocenters. The molecule has 0 saturated carbocycles. The van der Waals surface area contributed by atoms with E-state index in [2.05, 4.69) is 15.7 Å². The fourth-order valence-electron chi connectivity index (χ4n) is 1.30. The second-order valence-electron chi connectivity index (χ2n) is 3.85. The van der Waals surface area contributed by atoms with Gasteiger partial charge in [-0.05, 0) is 18.6 Å². The van der Waals surface area contributed by atoms with Gasteiger partial charge in [-0.3, -0.25) is 10.4 Å².